The van der Waals surface area contributed by atoms with Gasteiger partial charge in [0, 0.05) is 29.8 Å². The van der Waals surface area contributed by atoms with Gasteiger partial charge in [0.2, 0.25) is 0 Å². The van der Waals surface area contributed by atoms with Crippen molar-refractivity contribution in [2.24, 2.45) is 0 Å². The van der Waals surface area contributed by atoms with Gasteiger partial charge in [0.15, 0.2) is 0 Å². The van der Waals surface area contributed by atoms with E-state index < -0.39 is 0 Å². The van der Waals surface area contributed by atoms with Crippen LogP contribution < -0.4 is 0 Å². The molecule has 2 aliphatic rings. The molecule has 2 heterocycles. The van der Waals surface area contributed by atoms with Gasteiger partial charge in [-0.25, -0.2) is 0 Å². The minimum atomic E-state index is -0.259. The Labute approximate surface area is 120 Å². The van der Waals surface area contributed by atoms with Crippen molar-refractivity contribution in [2.75, 3.05) is 26.3 Å². The lowest BCUT2D eigenvalue weighted by atomic mass is 10.2. The number of aliphatic hydroxyl groups is 1. The summed E-state index contributed by atoms with van der Waals surface area (Å²) in [7, 11) is 0. The second kappa shape index (κ2) is 5.26. The van der Waals surface area contributed by atoms with Crippen molar-refractivity contribution in [1.82, 2.24) is 9.47 Å². The van der Waals surface area contributed by atoms with Crippen LogP contribution in [0, 0.1) is 0 Å². The molecule has 1 amide bonds. The normalized spacial score (nSPS) is 23.7. The molecule has 6 heteroatoms. The number of amides is 1. The van der Waals surface area contributed by atoms with Gasteiger partial charge in [-0.15, -0.1) is 0 Å². The van der Waals surface area contributed by atoms with E-state index in [1.165, 1.54) is 0 Å². The largest absolute Gasteiger partial charge is 0.394 e. The minimum absolute atomic E-state index is 0.0272. The zero-order valence-corrected chi connectivity index (χ0v) is 12.2. The lowest BCUT2D eigenvalue weighted by molar-refractivity contribution is -0.0449. The molecule has 104 valence electrons. The van der Waals surface area contributed by atoms with Crippen molar-refractivity contribution >= 4 is 21.8 Å². The summed E-state index contributed by atoms with van der Waals surface area (Å²) in [6.07, 6.45) is 4.01. The Morgan fingerprint density at radius 1 is 1.53 bits per heavy atom. The Morgan fingerprint density at radius 2 is 2.32 bits per heavy atom. The molecule has 1 N–H and O–H groups in total. The summed E-state index contributed by atoms with van der Waals surface area (Å²) in [5.41, 5.74) is 0.730. The minimum Gasteiger partial charge on any atom is -0.394 e. The first-order chi connectivity index (χ1) is 9.19. The van der Waals surface area contributed by atoms with E-state index in [0.717, 1.165) is 23.0 Å². The standard InChI is InChI=1S/C13H17BrN2O3/c14-9-5-12(16(6-9)10-1-2-10)13(18)15-3-4-19-11(7-15)8-17/h5-6,10-11,17H,1-4,7-8H2. The van der Waals surface area contributed by atoms with Crippen LogP contribution in [0.3, 0.4) is 0 Å². The zero-order valence-electron chi connectivity index (χ0n) is 10.6. The van der Waals surface area contributed by atoms with E-state index in [9.17, 15) is 4.79 Å². The highest BCUT2D eigenvalue weighted by Crippen LogP contribution is 2.37. The molecule has 3 rings (SSSR count). The fourth-order valence-electron chi connectivity index (χ4n) is 2.45. The van der Waals surface area contributed by atoms with Crippen LogP contribution in [0.4, 0.5) is 0 Å². The summed E-state index contributed by atoms with van der Waals surface area (Å²) in [5, 5.41) is 9.14. The molecule has 1 unspecified atom stereocenters. The van der Waals surface area contributed by atoms with E-state index >= 15 is 0 Å². The molecule has 5 nitrogen and oxygen atoms in total. The highest BCUT2D eigenvalue weighted by atomic mass is 79.9. The second-order valence-corrected chi connectivity index (χ2v) is 6.02. The third kappa shape index (κ3) is 2.70. The van der Waals surface area contributed by atoms with E-state index in [2.05, 4.69) is 20.5 Å². The van der Waals surface area contributed by atoms with Crippen LogP contribution in [0.1, 0.15) is 29.4 Å². The van der Waals surface area contributed by atoms with Crippen LogP contribution in [0.5, 0.6) is 0 Å². The summed E-state index contributed by atoms with van der Waals surface area (Å²) < 4.78 is 8.38. The molecule has 1 aromatic heterocycles. The fourth-order valence-corrected chi connectivity index (χ4v) is 2.89. The number of carbonyl (C=O) groups is 1. The predicted octanol–water partition coefficient (Wildman–Crippen LogP) is 1.42. The summed E-state index contributed by atoms with van der Waals surface area (Å²) >= 11 is 3.44. The molecule has 2 fully saturated rings. The molecule has 1 atom stereocenters. The molecular weight excluding hydrogens is 312 g/mol. The number of halogens is 1. The lowest BCUT2D eigenvalue weighted by Gasteiger charge is -2.32. The molecule has 0 bridgehead atoms. The third-order valence-electron chi connectivity index (χ3n) is 3.60. The third-order valence-corrected chi connectivity index (χ3v) is 4.04. The Balaban J connectivity index is 1.79. The average molecular weight is 329 g/mol. The highest BCUT2D eigenvalue weighted by Gasteiger charge is 2.31. The Morgan fingerprint density at radius 3 is 3.00 bits per heavy atom. The van der Waals surface area contributed by atoms with Gasteiger partial charge >= 0.3 is 0 Å². The SMILES string of the molecule is O=C(c1cc(Br)cn1C1CC1)N1CCOC(CO)C1. The van der Waals surface area contributed by atoms with Crippen LogP contribution in [0.2, 0.25) is 0 Å². The van der Waals surface area contributed by atoms with Crippen LogP contribution in [0.15, 0.2) is 16.7 Å². The molecular formula is C13H17BrN2O3. The fraction of sp³-hybridized carbons (Fsp3) is 0.615. The molecule has 1 saturated carbocycles. The number of aromatic nitrogens is 1. The maximum atomic E-state index is 12.6. The van der Waals surface area contributed by atoms with Crippen LogP contribution in [-0.4, -0.2) is 52.9 Å². The first kappa shape index (κ1) is 13.1. The van der Waals surface area contributed by atoms with E-state index in [4.69, 9.17) is 9.84 Å². The molecule has 0 spiro atoms. The quantitative estimate of drug-likeness (QED) is 0.913. The van der Waals surface area contributed by atoms with E-state index in [1.54, 1.807) is 4.90 Å². The van der Waals surface area contributed by atoms with E-state index in [0.29, 0.717) is 25.7 Å². The molecule has 0 aromatic carbocycles. The van der Waals surface area contributed by atoms with Crippen LogP contribution >= 0.6 is 15.9 Å². The monoisotopic (exact) mass is 328 g/mol. The van der Waals surface area contributed by atoms with Gasteiger partial charge in [-0.1, -0.05) is 0 Å². The smallest absolute Gasteiger partial charge is 0.270 e. The second-order valence-electron chi connectivity index (χ2n) is 5.11. The topological polar surface area (TPSA) is 54.7 Å². The Kier molecular flexibility index (Phi) is 3.64. The van der Waals surface area contributed by atoms with Gasteiger partial charge in [0.1, 0.15) is 5.69 Å². The molecule has 1 aliphatic heterocycles. The zero-order chi connectivity index (χ0) is 13.4. The molecule has 1 aliphatic carbocycles. The number of aliphatic hydroxyl groups excluding tert-OH is 1. The number of hydrogen-bond acceptors (Lipinski definition) is 3. The van der Waals surface area contributed by atoms with Gasteiger partial charge in [0.25, 0.3) is 5.91 Å². The van der Waals surface area contributed by atoms with Crippen molar-refractivity contribution < 1.29 is 14.6 Å². The molecule has 19 heavy (non-hydrogen) atoms. The summed E-state index contributed by atoms with van der Waals surface area (Å²) in [6.45, 7) is 1.49. The maximum Gasteiger partial charge on any atom is 0.270 e. The van der Waals surface area contributed by atoms with Crippen LogP contribution in [-0.2, 0) is 4.74 Å². The molecule has 0 radical (unpaired) electrons. The van der Waals surface area contributed by atoms with Crippen molar-refractivity contribution in [3.63, 3.8) is 0 Å². The molecule has 1 saturated heterocycles. The maximum absolute atomic E-state index is 12.6. The van der Waals surface area contributed by atoms with Gasteiger partial charge in [-0.2, -0.15) is 0 Å². The van der Waals surface area contributed by atoms with Crippen molar-refractivity contribution in [3.05, 3.63) is 22.4 Å². The predicted molar refractivity (Wildman–Crippen MR) is 73.1 cm³/mol. The van der Waals surface area contributed by atoms with Crippen molar-refractivity contribution in [3.8, 4) is 0 Å². The van der Waals surface area contributed by atoms with Crippen molar-refractivity contribution in [2.45, 2.75) is 25.0 Å². The van der Waals surface area contributed by atoms with Gasteiger partial charge < -0.3 is 19.3 Å². The average Bonchev–Trinajstić information content (AvgIpc) is 3.21. The van der Waals surface area contributed by atoms with Gasteiger partial charge in [0.05, 0.1) is 19.3 Å². The first-order valence-corrected chi connectivity index (χ1v) is 7.37. The highest BCUT2D eigenvalue weighted by molar-refractivity contribution is 9.10. The number of rotatable bonds is 3. The summed E-state index contributed by atoms with van der Waals surface area (Å²) in [4.78, 5) is 14.3. The molecule has 1 aromatic rings. The number of morpholine rings is 1. The van der Waals surface area contributed by atoms with Gasteiger partial charge in [-0.05, 0) is 34.8 Å². The Bertz CT molecular complexity index is 484. The van der Waals surface area contributed by atoms with Crippen molar-refractivity contribution in [1.29, 1.82) is 0 Å². The number of nitrogens with zero attached hydrogens (tertiary/aromatic N) is 2. The number of hydrogen-bond donors (Lipinski definition) is 1. The van der Waals surface area contributed by atoms with Gasteiger partial charge in [-0.3, -0.25) is 4.79 Å². The summed E-state index contributed by atoms with van der Waals surface area (Å²) in [6, 6.07) is 2.35. The number of carbonyl (C=O) groups excluding carboxylic acids is 1. The Hall–Kier alpha value is -0.850. The van der Waals surface area contributed by atoms with E-state index in [1.807, 2.05) is 12.3 Å². The van der Waals surface area contributed by atoms with Crippen LogP contribution in [0.25, 0.3) is 0 Å². The lowest BCUT2D eigenvalue weighted by Crippen LogP contribution is -2.47. The number of ether oxygens (including phenoxy) is 1. The summed E-state index contributed by atoms with van der Waals surface area (Å²) in [5.74, 6) is 0.0272. The first-order valence-electron chi connectivity index (χ1n) is 6.58. The van der Waals surface area contributed by atoms with E-state index in [-0.39, 0.29) is 18.6 Å².